The van der Waals surface area contributed by atoms with Crippen molar-refractivity contribution in [3.05, 3.63) is 59.7 Å². The van der Waals surface area contributed by atoms with Crippen molar-refractivity contribution in [2.24, 2.45) is 5.92 Å². The van der Waals surface area contributed by atoms with Crippen molar-refractivity contribution < 1.29 is 23.9 Å². The smallest absolute Gasteiger partial charge is 0.343 e. The van der Waals surface area contributed by atoms with Crippen molar-refractivity contribution in [2.75, 3.05) is 19.0 Å². The van der Waals surface area contributed by atoms with Gasteiger partial charge < -0.3 is 20.1 Å². The summed E-state index contributed by atoms with van der Waals surface area (Å²) in [5.74, 6) is -0.127. The maximum absolute atomic E-state index is 12.6. The average molecular weight is 396 g/mol. The number of rotatable bonds is 8. The number of anilines is 1. The highest BCUT2D eigenvalue weighted by molar-refractivity contribution is 5.95. The number of amides is 2. The van der Waals surface area contributed by atoms with Gasteiger partial charge in [0.2, 0.25) is 5.91 Å². The first kappa shape index (κ1) is 20.4. The van der Waals surface area contributed by atoms with Crippen LogP contribution in [0.5, 0.6) is 5.75 Å². The molecule has 2 aromatic carbocycles. The van der Waals surface area contributed by atoms with Crippen LogP contribution in [-0.2, 0) is 14.3 Å². The molecule has 2 N–H and O–H groups in total. The van der Waals surface area contributed by atoms with E-state index in [1.54, 1.807) is 24.3 Å². The summed E-state index contributed by atoms with van der Waals surface area (Å²) in [6.07, 6.45) is 1.92. The van der Waals surface area contributed by atoms with Gasteiger partial charge in [0.25, 0.3) is 5.91 Å². The van der Waals surface area contributed by atoms with Gasteiger partial charge in [0.05, 0.1) is 13.2 Å². The molecule has 1 fully saturated rings. The molecule has 0 spiro atoms. The van der Waals surface area contributed by atoms with Gasteiger partial charge in [-0.2, -0.15) is 0 Å². The van der Waals surface area contributed by atoms with E-state index < -0.39 is 5.97 Å². The summed E-state index contributed by atoms with van der Waals surface area (Å²) in [7, 11) is 1.28. The highest BCUT2D eigenvalue weighted by Crippen LogP contribution is 2.30. The number of carbonyl (C=O) groups is 3. The Morgan fingerprint density at radius 3 is 2.48 bits per heavy atom. The normalized spacial score (nSPS) is 13.9. The second-order valence-electron chi connectivity index (χ2n) is 6.97. The van der Waals surface area contributed by atoms with Crippen molar-refractivity contribution in [1.29, 1.82) is 0 Å². The zero-order valence-electron chi connectivity index (χ0n) is 16.4. The lowest BCUT2D eigenvalue weighted by molar-refractivity contribution is -0.142. The molecule has 1 saturated carbocycles. The maximum atomic E-state index is 12.6. The summed E-state index contributed by atoms with van der Waals surface area (Å²) in [6.45, 7) is 1.66. The van der Waals surface area contributed by atoms with Crippen LogP contribution in [0.2, 0.25) is 0 Å². The van der Waals surface area contributed by atoms with Gasteiger partial charge in [0.15, 0.2) is 6.61 Å². The first-order chi connectivity index (χ1) is 14.0. The van der Waals surface area contributed by atoms with E-state index in [0.717, 1.165) is 24.1 Å². The van der Waals surface area contributed by atoms with Crippen LogP contribution in [0.4, 0.5) is 5.69 Å². The van der Waals surface area contributed by atoms with Crippen molar-refractivity contribution >= 4 is 23.5 Å². The molecule has 0 aliphatic heterocycles. The summed E-state index contributed by atoms with van der Waals surface area (Å²) in [4.78, 5) is 35.6. The molecule has 0 aromatic heterocycles. The van der Waals surface area contributed by atoms with Crippen molar-refractivity contribution in [3.63, 3.8) is 0 Å². The number of methoxy groups -OCH3 is 1. The molecule has 2 amide bonds. The van der Waals surface area contributed by atoms with Gasteiger partial charge in [-0.05, 0) is 55.7 Å². The first-order valence-electron chi connectivity index (χ1n) is 9.47. The van der Waals surface area contributed by atoms with Crippen molar-refractivity contribution in [2.45, 2.75) is 25.8 Å². The number of hydrogen-bond donors (Lipinski definition) is 2. The maximum Gasteiger partial charge on any atom is 0.343 e. The van der Waals surface area contributed by atoms with Crippen LogP contribution in [0.25, 0.3) is 0 Å². The monoisotopic (exact) mass is 396 g/mol. The lowest BCUT2D eigenvalue weighted by atomic mass is 10.1. The van der Waals surface area contributed by atoms with Gasteiger partial charge >= 0.3 is 5.97 Å². The number of ether oxygens (including phenoxy) is 2. The quantitative estimate of drug-likeness (QED) is 0.669. The van der Waals surface area contributed by atoms with Gasteiger partial charge in [-0.15, -0.1) is 0 Å². The second kappa shape index (κ2) is 9.23. The van der Waals surface area contributed by atoms with E-state index in [0.29, 0.717) is 11.3 Å². The lowest BCUT2D eigenvalue weighted by Crippen LogP contribution is -2.26. The Morgan fingerprint density at radius 2 is 1.83 bits per heavy atom. The molecule has 0 heterocycles. The molecule has 29 heavy (non-hydrogen) atoms. The predicted molar refractivity (Wildman–Crippen MR) is 108 cm³/mol. The standard InChI is InChI=1S/C22H24N2O5/c1-14(15-8-10-18(11-9-15)24-21(26)16-6-7-16)23-22(27)17-4-3-5-19(12-17)29-13-20(25)28-2/h3-5,8-12,14,16H,6-7,13H2,1-2H3,(H,23,27)(H,24,26). The minimum absolute atomic E-state index is 0.0633. The Labute approximate surface area is 169 Å². The van der Waals surface area contributed by atoms with Crippen LogP contribution >= 0.6 is 0 Å². The van der Waals surface area contributed by atoms with E-state index in [1.165, 1.54) is 7.11 Å². The SMILES string of the molecule is COC(=O)COc1cccc(C(=O)NC(C)c2ccc(NC(=O)C3CC3)cc2)c1. The van der Waals surface area contributed by atoms with Gasteiger partial charge in [-0.25, -0.2) is 4.79 Å². The average Bonchev–Trinajstić information content (AvgIpc) is 3.58. The van der Waals surface area contributed by atoms with Crippen LogP contribution in [0.1, 0.15) is 41.7 Å². The third-order valence-corrected chi connectivity index (χ3v) is 4.65. The summed E-state index contributed by atoms with van der Waals surface area (Å²) in [6, 6.07) is 13.8. The predicted octanol–water partition coefficient (Wildman–Crippen LogP) is 3.08. The van der Waals surface area contributed by atoms with Crippen molar-refractivity contribution in [1.82, 2.24) is 5.32 Å². The summed E-state index contributed by atoms with van der Waals surface area (Å²) in [5, 5.41) is 5.82. The fourth-order valence-electron chi connectivity index (χ4n) is 2.74. The van der Waals surface area contributed by atoms with Gasteiger partial charge in [-0.1, -0.05) is 18.2 Å². The van der Waals surface area contributed by atoms with E-state index in [9.17, 15) is 14.4 Å². The largest absolute Gasteiger partial charge is 0.482 e. The number of nitrogens with one attached hydrogen (secondary N) is 2. The molecule has 2 aromatic rings. The Hall–Kier alpha value is -3.35. The first-order valence-corrected chi connectivity index (χ1v) is 9.47. The summed E-state index contributed by atoms with van der Waals surface area (Å²) in [5.41, 5.74) is 2.09. The molecule has 1 aliphatic carbocycles. The lowest BCUT2D eigenvalue weighted by Gasteiger charge is -2.15. The molecule has 1 aliphatic rings. The second-order valence-corrected chi connectivity index (χ2v) is 6.97. The van der Waals surface area contributed by atoms with Gasteiger partial charge in [0, 0.05) is 17.2 Å². The zero-order chi connectivity index (χ0) is 20.8. The third-order valence-electron chi connectivity index (χ3n) is 4.65. The number of benzene rings is 2. The molecule has 1 atom stereocenters. The molecule has 7 heteroatoms. The summed E-state index contributed by atoms with van der Waals surface area (Å²) >= 11 is 0. The highest BCUT2D eigenvalue weighted by Gasteiger charge is 2.29. The summed E-state index contributed by atoms with van der Waals surface area (Å²) < 4.78 is 9.85. The molecule has 3 rings (SSSR count). The molecule has 0 saturated heterocycles. The molecule has 7 nitrogen and oxygen atoms in total. The number of carbonyl (C=O) groups excluding carboxylic acids is 3. The van der Waals surface area contributed by atoms with Crippen LogP contribution in [0.15, 0.2) is 48.5 Å². The van der Waals surface area contributed by atoms with Gasteiger partial charge in [0.1, 0.15) is 5.75 Å². The van der Waals surface area contributed by atoms with E-state index in [2.05, 4.69) is 15.4 Å². The fourth-order valence-corrected chi connectivity index (χ4v) is 2.74. The third kappa shape index (κ3) is 5.81. The topological polar surface area (TPSA) is 93.7 Å². The minimum atomic E-state index is -0.495. The number of esters is 1. The van der Waals surface area contributed by atoms with E-state index in [-0.39, 0.29) is 30.4 Å². The number of hydrogen-bond acceptors (Lipinski definition) is 5. The molecular weight excluding hydrogens is 372 g/mol. The Kier molecular flexibility index (Phi) is 6.49. The molecular formula is C22H24N2O5. The van der Waals surface area contributed by atoms with E-state index in [4.69, 9.17) is 4.74 Å². The van der Waals surface area contributed by atoms with Crippen LogP contribution in [-0.4, -0.2) is 31.5 Å². The van der Waals surface area contributed by atoms with Crippen molar-refractivity contribution in [3.8, 4) is 5.75 Å². The highest BCUT2D eigenvalue weighted by atomic mass is 16.6. The van der Waals surface area contributed by atoms with E-state index >= 15 is 0 Å². The minimum Gasteiger partial charge on any atom is -0.482 e. The molecule has 1 unspecified atom stereocenters. The van der Waals surface area contributed by atoms with Crippen LogP contribution < -0.4 is 15.4 Å². The van der Waals surface area contributed by atoms with Crippen LogP contribution in [0.3, 0.4) is 0 Å². The molecule has 0 bridgehead atoms. The van der Waals surface area contributed by atoms with E-state index in [1.807, 2.05) is 31.2 Å². The zero-order valence-corrected chi connectivity index (χ0v) is 16.4. The Bertz CT molecular complexity index is 890. The van der Waals surface area contributed by atoms with Crippen LogP contribution in [0, 0.1) is 5.92 Å². The fraction of sp³-hybridized carbons (Fsp3) is 0.318. The molecule has 0 radical (unpaired) electrons. The molecule has 152 valence electrons. The Balaban J connectivity index is 1.56. The Morgan fingerprint density at radius 1 is 1.10 bits per heavy atom. The van der Waals surface area contributed by atoms with Gasteiger partial charge in [-0.3, -0.25) is 9.59 Å².